The summed E-state index contributed by atoms with van der Waals surface area (Å²) in [6.07, 6.45) is 0. The van der Waals surface area contributed by atoms with Gasteiger partial charge in [0.2, 0.25) is 0 Å². The van der Waals surface area contributed by atoms with Crippen molar-refractivity contribution in [1.29, 1.82) is 0 Å². The van der Waals surface area contributed by atoms with Crippen molar-refractivity contribution in [3.63, 3.8) is 0 Å². The summed E-state index contributed by atoms with van der Waals surface area (Å²) in [7, 11) is 4.14. The molecule has 1 aromatic carbocycles. The maximum absolute atomic E-state index is 3.67. The van der Waals surface area contributed by atoms with Gasteiger partial charge in [-0.25, -0.2) is 0 Å². The van der Waals surface area contributed by atoms with Gasteiger partial charge in [0, 0.05) is 15.5 Å². The maximum Gasteiger partial charge on any atom is 0.0522 e. The maximum atomic E-state index is 3.67. The first-order chi connectivity index (χ1) is 6.50. The summed E-state index contributed by atoms with van der Waals surface area (Å²) >= 11 is 10.6. The van der Waals surface area contributed by atoms with Crippen molar-refractivity contribution < 1.29 is 0 Å². The summed E-state index contributed by atoms with van der Waals surface area (Å²) in [5, 5.41) is 0. The zero-order valence-corrected chi connectivity index (χ0v) is 12.9. The smallest absolute Gasteiger partial charge is 0.0522 e. The molecule has 0 saturated carbocycles. The third-order valence-corrected chi connectivity index (χ3v) is 4.53. The molecule has 1 atom stereocenters. The molecular weight excluding hydrogens is 374 g/mol. The first-order valence-corrected chi connectivity index (χ1v) is 6.74. The zero-order chi connectivity index (χ0) is 10.7. The minimum atomic E-state index is 0.377. The minimum Gasteiger partial charge on any atom is -0.308 e. The van der Waals surface area contributed by atoms with Gasteiger partial charge in [-0.05, 0) is 63.7 Å². The fraction of sp³-hybridized carbons (Fsp3) is 0.400. The Hall–Kier alpha value is 0.620. The van der Waals surface area contributed by atoms with Crippen LogP contribution in [0, 0.1) is 0 Å². The van der Waals surface area contributed by atoms with Gasteiger partial charge in [0.25, 0.3) is 0 Å². The molecule has 0 aliphatic rings. The topological polar surface area (TPSA) is 3.24 Å². The van der Waals surface area contributed by atoms with Crippen LogP contribution in [0.15, 0.2) is 27.1 Å². The Bertz CT molecular complexity index is 312. The van der Waals surface area contributed by atoms with Gasteiger partial charge in [-0.15, -0.1) is 0 Å². The van der Waals surface area contributed by atoms with E-state index in [1.54, 1.807) is 0 Å². The molecule has 0 amide bonds. The lowest BCUT2D eigenvalue weighted by Gasteiger charge is -2.16. The molecule has 0 radical (unpaired) electrons. The highest BCUT2D eigenvalue weighted by atomic mass is 79.9. The van der Waals surface area contributed by atoms with E-state index in [0.717, 1.165) is 15.5 Å². The Labute approximate surface area is 110 Å². The van der Waals surface area contributed by atoms with Crippen LogP contribution in [-0.4, -0.2) is 25.5 Å². The van der Waals surface area contributed by atoms with E-state index in [0.29, 0.717) is 4.83 Å². The highest BCUT2D eigenvalue weighted by Gasteiger charge is 2.09. The van der Waals surface area contributed by atoms with Gasteiger partial charge in [-0.1, -0.05) is 22.0 Å². The molecule has 0 spiro atoms. The third-order valence-electron chi connectivity index (χ3n) is 1.83. The van der Waals surface area contributed by atoms with E-state index in [4.69, 9.17) is 0 Å². The Morgan fingerprint density at radius 3 is 2.36 bits per heavy atom. The van der Waals surface area contributed by atoms with Crippen molar-refractivity contribution in [2.24, 2.45) is 0 Å². The monoisotopic (exact) mass is 383 g/mol. The Kier molecular flexibility index (Phi) is 5.11. The van der Waals surface area contributed by atoms with Crippen molar-refractivity contribution in [3.05, 3.63) is 32.7 Å². The van der Waals surface area contributed by atoms with E-state index < -0.39 is 0 Å². The van der Waals surface area contributed by atoms with Crippen LogP contribution < -0.4 is 0 Å². The fourth-order valence-corrected chi connectivity index (χ4v) is 2.64. The van der Waals surface area contributed by atoms with E-state index in [9.17, 15) is 0 Å². The van der Waals surface area contributed by atoms with Crippen molar-refractivity contribution in [2.45, 2.75) is 4.83 Å². The van der Waals surface area contributed by atoms with E-state index >= 15 is 0 Å². The van der Waals surface area contributed by atoms with Crippen molar-refractivity contribution in [2.75, 3.05) is 20.6 Å². The van der Waals surface area contributed by atoms with Gasteiger partial charge in [0.15, 0.2) is 0 Å². The molecule has 1 nitrogen and oxygen atoms in total. The molecule has 4 heteroatoms. The first kappa shape index (κ1) is 12.7. The van der Waals surface area contributed by atoms with Crippen LogP contribution in [0.5, 0.6) is 0 Å². The quantitative estimate of drug-likeness (QED) is 0.704. The average Bonchev–Trinajstić information content (AvgIpc) is 2.08. The largest absolute Gasteiger partial charge is 0.308 e. The molecule has 1 rings (SSSR count). The predicted octanol–water partition coefficient (Wildman–Crippen LogP) is 4.21. The van der Waals surface area contributed by atoms with Crippen LogP contribution in [0.2, 0.25) is 0 Å². The van der Waals surface area contributed by atoms with E-state index in [1.165, 1.54) is 5.56 Å². The van der Waals surface area contributed by atoms with Crippen LogP contribution in [-0.2, 0) is 0 Å². The molecule has 0 aliphatic heterocycles. The van der Waals surface area contributed by atoms with E-state index in [-0.39, 0.29) is 0 Å². The fourth-order valence-electron chi connectivity index (χ4n) is 1.13. The van der Waals surface area contributed by atoms with Crippen LogP contribution in [0.4, 0.5) is 0 Å². The molecule has 0 bridgehead atoms. The second-order valence-electron chi connectivity index (χ2n) is 3.40. The predicted molar refractivity (Wildman–Crippen MR) is 72.1 cm³/mol. The normalized spacial score (nSPS) is 13.3. The standard InChI is InChI=1S/C10H12Br3N/c1-14(2)6-10(13)7-3-4-8(11)9(12)5-7/h3-5,10H,6H2,1-2H3. The summed E-state index contributed by atoms with van der Waals surface area (Å²) in [6.45, 7) is 0.994. The minimum absolute atomic E-state index is 0.377. The molecule has 0 aromatic heterocycles. The summed E-state index contributed by atoms with van der Waals surface area (Å²) < 4.78 is 2.18. The van der Waals surface area contributed by atoms with Crippen LogP contribution in [0.25, 0.3) is 0 Å². The molecule has 1 unspecified atom stereocenters. The van der Waals surface area contributed by atoms with Crippen LogP contribution in [0.3, 0.4) is 0 Å². The number of rotatable bonds is 3. The van der Waals surface area contributed by atoms with Crippen molar-refractivity contribution >= 4 is 47.8 Å². The second kappa shape index (κ2) is 5.64. The second-order valence-corrected chi connectivity index (χ2v) is 6.22. The van der Waals surface area contributed by atoms with Crippen molar-refractivity contribution in [3.8, 4) is 0 Å². The molecule has 1 aromatic rings. The number of hydrogen-bond acceptors (Lipinski definition) is 1. The summed E-state index contributed by atoms with van der Waals surface area (Å²) in [5.41, 5.74) is 1.29. The average molecular weight is 386 g/mol. The molecule has 14 heavy (non-hydrogen) atoms. The van der Waals surface area contributed by atoms with Crippen molar-refractivity contribution in [1.82, 2.24) is 4.90 Å². The van der Waals surface area contributed by atoms with Gasteiger partial charge in [0.05, 0.1) is 4.83 Å². The highest BCUT2D eigenvalue weighted by Crippen LogP contribution is 2.30. The first-order valence-electron chi connectivity index (χ1n) is 4.24. The van der Waals surface area contributed by atoms with Gasteiger partial charge in [-0.3, -0.25) is 0 Å². The number of hydrogen-bond donors (Lipinski definition) is 0. The Morgan fingerprint density at radius 2 is 1.86 bits per heavy atom. The van der Waals surface area contributed by atoms with Crippen LogP contribution >= 0.6 is 47.8 Å². The van der Waals surface area contributed by atoms with E-state index in [2.05, 4.69) is 85.0 Å². The summed E-state index contributed by atoms with van der Waals surface area (Å²) in [5.74, 6) is 0. The summed E-state index contributed by atoms with van der Waals surface area (Å²) in [4.78, 5) is 2.54. The highest BCUT2D eigenvalue weighted by molar-refractivity contribution is 9.13. The molecule has 0 N–H and O–H groups in total. The number of benzene rings is 1. The van der Waals surface area contributed by atoms with Gasteiger partial charge in [0.1, 0.15) is 0 Å². The van der Waals surface area contributed by atoms with Crippen LogP contribution in [0.1, 0.15) is 10.4 Å². The Morgan fingerprint density at radius 1 is 1.21 bits per heavy atom. The SMILES string of the molecule is CN(C)CC(Br)c1ccc(Br)c(Br)c1. The summed E-state index contributed by atoms with van der Waals surface area (Å²) in [6, 6.07) is 6.31. The van der Waals surface area contributed by atoms with Gasteiger partial charge >= 0.3 is 0 Å². The molecule has 0 fully saturated rings. The lowest BCUT2D eigenvalue weighted by molar-refractivity contribution is 0.412. The molecule has 0 saturated heterocycles. The molecule has 0 heterocycles. The molecular formula is C10H12Br3N. The molecule has 78 valence electrons. The van der Waals surface area contributed by atoms with Gasteiger partial charge in [-0.2, -0.15) is 0 Å². The van der Waals surface area contributed by atoms with E-state index in [1.807, 2.05) is 0 Å². The number of likely N-dealkylation sites (N-methyl/N-ethyl adjacent to an activating group) is 1. The molecule has 0 aliphatic carbocycles. The Balaban J connectivity index is 2.80. The number of nitrogens with zero attached hydrogens (tertiary/aromatic N) is 1. The lowest BCUT2D eigenvalue weighted by Crippen LogP contribution is -2.16. The number of halogens is 3. The lowest BCUT2D eigenvalue weighted by atomic mass is 10.1. The third kappa shape index (κ3) is 3.65. The zero-order valence-electron chi connectivity index (χ0n) is 8.10. The number of alkyl halides is 1. The van der Waals surface area contributed by atoms with Gasteiger partial charge < -0.3 is 4.90 Å².